The summed E-state index contributed by atoms with van der Waals surface area (Å²) in [7, 11) is 0. The number of carbonyl (C=O) groups is 2. The number of hydrogen-bond acceptors (Lipinski definition) is 4. The van der Waals surface area contributed by atoms with Gasteiger partial charge in [0.2, 0.25) is 5.91 Å². The van der Waals surface area contributed by atoms with Gasteiger partial charge in [-0.15, -0.1) is 0 Å². The van der Waals surface area contributed by atoms with Crippen molar-refractivity contribution in [3.8, 4) is 0 Å². The molecule has 0 bridgehead atoms. The Morgan fingerprint density at radius 2 is 1.89 bits per heavy atom. The van der Waals surface area contributed by atoms with E-state index in [0.717, 1.165) is 24.1 Å². The van der Waals surface area contributed by atoms with Crippen molar-refractivity contribution >= 4 is 17.5 Å². The topological polar surface area (TPSA) is 73.7 Å². The molecule has 1 aromatic heterocycles. The van der Waals surface area contributed by atoms with Gasteiger partial charge in [-0.3, -0.25) is 14.6 Å². The molecule has 1 aromatic carbocycles. The minimum atomic E-state index is -0.198. The number of benzene rings is 1. The van der Waals surface area contributed by atoms with Gasteiger partial charge in [0.1, 0.15) is 5.69 Å². The van der Waals surface area contributed by atoms with E-state index in [2.05, 4.69) is 4.98 Å². The molecule has 1 aliphatic carbocycles. The Morgan fingerprint density at radius 1 is 1.11 bits per heavy atom. The number of nitrogens with zero attached hydrogens (tertiary/aromatic N) is 3. The lowest BCUT2D eigenvalue weighted by atomic mass is 9.71. The Kier molecular flexibility index (Phi) is 3.75. The molecule has 0 radical (unpaired) electrons. The molecule has 0 spiro atoms. The number of aromatic nitrogens is 1. The van der Waals surface area contributed by atoms with Gasteiger partial charge in [0.15, 0.2) is 0 Å². The number of hydrogen-bond donors (Lipinski definition) is 1. The van der Waals surface area contributed by atoms with Crippen molar-refractivity contribution in [2.75, 3.05) is 18.1 Å². The van der Waals surface area contributed by atoms with Gasteiger partial charge in [-0.2, -0.15) is 0 Å². The van der Waals surface area contributed by atoms with E-state index in [9.17, 15) is 14.7 Å². The van der Waals surface area contributed by atoms with Crippen molar-refractivity contribution in [3.05, 3.63) is 59.9 Å². The summed E-state index contributed by atoms with van der Waals surface area (Å²) < 4.78 is 0. The van der Waals surface area contributed by atoms with E-state index in [4.69, 9.17) is 0 Å². The van der Waals surface area contributed by atoms with Gasteiger partial charge in [-0.25, -0.2) is 0 Å². The molecule has 5 rings (SSSR count). The lowest BCUT2D eigenvalue weighted by Crippen LogP contribution is -2.71. The lowest BCUT2D eigenvalue weighted by molar-refractivity contribution is -0.151. The summed E-state index contributed by atoms with van der Waals surface area (Å²) in [5.41, 5.74) is 2.27. The third-order valence-electron chi connectivity index (χ3n) is 6.00. The molecule has 3 atom stereocenters. The molecule has 6 heteroatoms. The van der Waals surface area contributed by atoms with Gasteiger partial charge in [0.25, 0.3) is 5.91 Å². The summed E-state index contributed by atoms with van der Waals surface area (Å²) >= 11 is 0. The molecule has 27 heavy (non-hydrogen) atoms. The second-order valence-electron chi connectivity index (χ2n) is 7.55. The highest BCUT2D eigenvalue weighted by Gasteiger charge is 2.57. The van der Waals surface area contributed by atoms with Crippen LogP contribution in [0.25, 0.3) is 0 Å². The molecular weight excluding hydrogens is 342 g/mol. The van der Waals surface area contributed by atoms with Gasteiger partial charge in [-0.1, -0.05) is 24.3 Å². The van der Waals surface area contributed by atoms with Gasteiger partial charge < -0.3 is 14.9 Å². The first kappa shape index (κ1) is 16.4. The second-order valence-corrected chi connectivity index (χ2v) is 7.55. The SMILES string of the molecule is O=C(c1ccccn1)N1C[C@@H]2[C@H](c3ccccc31)[C@@H](CO)N2C(=O)C1CC1. The van der Waals surface area contributed by atoms with Crippen LogP contribution in [0.4, 0.5) is 5.69 Å². The molecule has 2 amide bonds. The number of aliphatic hydroxyl groups excluding tert-OH is 1. The highest BCUT2D eigenvalue weighted by Crippen LogP contribution is 2.50. The minimum Gasteiger partial charge on any atom is -0.394 e. The number of rotatable bonds is 3. The molecule has 2 aromatic rings. The molecular formula is C21H21N3O3. The fraction of sp³-hybridized carbons (Fsp3) is 0.381. The maximum atomic E-state index is 13.1. The quantitative estimate of drug-likeness (QED) is 0.903. The third-order valence-corrected chi connectivity index (χ3v) is 6.00. The van der Waals surface area contributed by atoms with E-state index in [1.165, 1.54) is 0 Å². The number of anilines is 1. The van der Waals surface area contributed by atoms with Gasteiger partial charge in [-0.05, 0) is 36.6 Å². The van der Waals surface area contributed by atoms with Crippen molar-refractivity contribution in [2.24, 2.45) is 5.92 Å². The Morgan fingerprint density at radius 3 is 2.59 bits per heavy atom. The van der Waals surface area contributed by atoms with Crippen LogP contribution in [0.1, 0.15) is 34.8 Å². The van der Waals surface area contributed by atoms with Crippen molar-refractivity contribution < 1.29 is 14.7 Å². The smallest absolute Gasteiger partial charge is 0.276 e. The number of aliphatic hydroxyl groups is 1. The van der Waals surface area contributed by atoms with Crippen LogP contribution in [-0.2, 0) is 4.79 Å². The monoisotopic (exact) mass is 363 g/mol. The Labute approximate surface area is 157 Å². The van der Waals surface area contributed by atoms with Crippen molar-refractivity contribution in [1.82, 2.24) is 9.88 Å². The van der Waals surface area contributed by atoms with E-state index < -0.39 is 0 Å². The number of carbonyl (C=O) groups excluding carboxylic acids is 2. The highest BCUT2D eigenvalue weighted by atomic mass is 16.3. The summed E-state index contributed by atoms with van der Waals surface area (Å²) in [6, 6.07) is 12.8. The number of amides is 2. The number of para-hydroxylation sites is 1. The average Bonchev–Trinajstić information content (AvgIpc) is 3.54. The molecule has 1 saturated carbocycles. The Hall–Kier alpha value is -2.73. The molecule has 3 heterocycles. The molecule has 6 nitrogen and oxygen atoms in total. The van der Waals surface area contributed by atoms with E-state index in [0.29, 0.717) is 12.2 Å². The van der Waals surface area contributed by atoms with E-state index >= 15 is 0 Å². The zero-order valence-electron chi connectivity index (χ0n) is 14.9. The molecule has 138 valence electrons. The summed E-state index contributed by atoms with van der Waals surface area (Å²) in [6.07, 6.45) is 3.47. The highest BCUT2D eigenvalue weighted by molar-refractivity contribution is 6.06. The summed E-state index contributed by atoms with van der Waals surface area (Å²) in [5.74, 6) is 0.131. The first-order valence-corrected chi connectivity index (χ1v) is 9.45. The number of fused-ring (bicyclic) bond motifs is 3. The third kappa shape index (κ3) is 2.47. The largest absolute Gasteiger partial charge is 0.394 e. The van der Waals surface area contributed by atoms with Crippen LogP contribution in [0.3, 0.4) is 0 Å². The molecule has 1 saturated heterocycles. The van der Waals surface area contributed by atoms with Gasteiger partial charge >= 0.3 is 0 Å². The van der Waals surface area contributed by atoms with E-state index in [-0.39, 0.29) is 42.3 Å². The molecule has 1 N–H and O–H groups in total. The standard InChI is InChI=1S/C21H21N3O3/c25-12-18-19-14-5-1-2-7-16(14)23(21(27)15-6-3-4-10-22-15)11-17(19)24(18)20(26)13-8-9-13/h1-7,10,13,17-19,25H,8-9,11-12H2/t17-,18-,19+/m1/s1. The second kappa shape index (κ2) is 6.16. The van der Waals surface area contributed by atoms with Crippen LogP contribution in [0.5, 0.6) is 0 Å². The van der Waals surface area contributed by atoms with E-state index in [1.807, 2.05) is 29.2 Å². The van der Waals surface area contributed by atoms with Crippen LogP contribution >= 0.6 is 0 Å². The molecule has 2 aliphatic heterocycles. The Bertz CT molecular complexity index is 897. The van der Waals surface area contributed by atoms with Crippen LogP contribution in [0.15, 0.2) is 48.7 Å². The summed E-state index contributed by atoms with van der Waals surface area (Å²) in [5, 5.41) is 9.94. The molecule has 2 fully saturated rings. The van der Waals surface area contributed by atoms with Crippen molar-refractivity contribution in [1.29, 1.82) is 0 Å². The van der Waals surface area contributed by atoms with Crippen molar-refractivity contribution in [3.63, 3.8) is 0 Å². The zero-order chi connectivity index (χ0) is 18.5. The average molecular weight is 363 g/mol. The van der Waals surface area contributed by atoms with Crippen LogP contribution in [-0.4, -0.2) is 52.0 Å². The van der Waals surface area contributed by atoms with Crippen LogP contribution in [0, 0.1) is 5.92 Å². The minimum absolute atomic E-state index is 0.0534. The van der Waals surface area contributed by atoms with Crippen LogP contribution in [0.2, 0.25) is 0 Å². The molecule has 3 aliphatic rings. The van der Waals surface area contributed by atoms with Crippen molar-refractivity contribution in [2.45, 2.75) is 30.8 Å². The number of likely N-dealkylation sites (tertiary alicyclic amines) is 1. The Balaban J connectivity index is 1.53. The number of pyridine rings is 1. The molecule has 0 unspecified atom stereocenters. The van der Waals surface area contributed by atoms with Crippen LogP contribution < -0.4 is 4.90 Å². The van der Waals surface area contributed by atoms with Gasteiger partial charge in [0.05, 0.1) is 18.7 Å². The first-order valence-electron chi connectivity index (χ1n) is 9.45. The lowest BCUT2D eigenvalue weighted by Gasteiger charge is -2.59. The predicted octanol–water partition coefficient (Wildman–Crippen LogP) is 1.81. The maximum absolute atomic E-state index is 13.1. The van der Waals surface area contributed by atoms with Gasteiger partial charge in [0, 0.05) is 30.3 Å². The zero-order valence-corrected chi connectivity index (χ0v) is 14.9. The van der Waals surface area contributed by atoms with E-state index in [1.54, 1.807) is 29.3 Å². The normalized spacial score (nSPS) is 26.0. The maximum Gasteiger partial charge on any atom is 0.276 e. The summed E-state index contributed by atoms with van der Waals surface area (Å²) in [4.78, 5) is 33.7. The summed E-state index contributed by atoms with van der Waals surface area (Å²) in [6.45, 7) is 0.383. The first-order chi connectivity index (χ1) is 13.2. The fourth-order valence-corrected chi connectivity index (χ4v) is 4.55. The predicted molar refractivity (Wildman–Crippen MR) is 99.3 cm³/mol. The fourth-order valence-electron chi connectivity index (χ4n) is 4.55.